The number of carbonyl (C=O) groups is 1. The second-order valence-electron chi connectivity index (χ2n) is 6.07. The van der Waals surface area contributed by atoms with Gasteiger partial charge >= 0.3 is 6.09 Å². The highest BCUT2D eigenvalue weighted by molar-refractivity contribution is 5.67. The molecule has 1 aliphatic carbocycles. The predicted octanol–water partition coefficient (Wildman–Crippen LogP) is 2.18. The van der Waals surface area contributed by atoms with Crippen molar-refractivity contribution in [1.29, 1.82) is 5.26 Å². The average Bonchev–Trinajstić information content (AvgIpc) is 2.80. The van der Waals surface area contributed by atoms with Crippen LogP contribution >= 0.6 is 0 Å². The van der Waals surface area contributed by atoms with E-state index in [-0.39, 0.29) is 6.04 Å². The molecule has 5 heteroatoms. The van der Waals surface area contributed by atoms with Crippen LogP contribution in [-0.2, 0) is 4.74 Å². The number of carbonyl (C=O) groups excluding carboxylic acids is 1. The van der Waals surface area contributed by atoms with Crippen LogP contribution in [0.1, 0.15) is 46.5 Å². The maximum absolute atomic E-state index is 11.6. The summed E-state index contributed by atoms with van der Waals surface area (Å²) in [5.41, 5.74) is -0.479. The van der Waals surface area contributed by atoms with Gasteiger partial charge in [0.15, 0.2) is 0 Å². The van der Waals surface area contributed by atoms with Crippen LogP contribution in [0.15, 0.2) is 0 Å². The zero-order valence-corrected chi connectivity index (χ0v) is 12.2. The van der Waals surface area contributed by atoms with Crippen LogP contribution in [-0.4, -0.2) is 30.8 Å². The van der Waals surface area contributed by atoms with E-state index >= 15 is 0 Å². The number of nitrogens with one attached hydrogen (secondary N) is 2. The van der Waals surface area contributed by atoms with Crippen molar-refractivity contribution in [3.8, 4) is 6.07 Å². The number of alkyl carbamates (subject to hydrolysis) is 1. The van der Waals surface area contributed by atoms with Crippen LogP contribution in [0.4, 0.5) is 4.79 Å². The van der Waals surface area contributed by atoms with E-state index in [4.69, 9.17) is 10.00 Å². The Bertz CT molecular complexity index is 325. The van der Waals surface area contributed by atoms with Gasteiger partial charge in [0.2, 0.25) is 0 Å². The molecule has 1 rings (SSSR count). The van der Waals surface area contributed by atoms with Gasteiger partial charge in [-0.25, -0.2) is 4.79 Å². The molecular formula is C14H25N3O2. The van der Waals surface area contributed by atoms with Crippen molar-refractivity contribution >= 4 is 6.09 Å². The van der Waals surface area contributed by atoms with Crippen molar-refractivity contribution in [3.63, 3.8) is 0 Å². The first-order chi connectivity index (χ1) is 8.92. The molecule has 0 aromatic heterocycles. The maximum Gasteiger partial charge on any atom is 0.407 e. The van der Waals surface area contributed by atoms with E-state index in [1.165, 1.54) is 25.7 Å². The second kappa shape index (κ2) is 7.34. The number of hydrogen-bond donors (Lipinski definition) is 2. The fraction of sp³-hybridized carbons (Fsp3) is 0.857. The molecule has 108 valence electrons. The zero-order chi connectivity index (χ0) is 14.3. The third kappa shape index (κ3) is 6.44. The van der Waals surface area contributed by atoms with E-state index in [0.29, 0.717) is 19.0 Å². The fourth-order valence-corrected chi connectivity index (χ4v) is 2.45. The molecule has 2 N–H and O–H groups in total. The first kappa shape index (κ1) is 15.8. The Morgan fingerprint density at radius 1 is 1.42 bits per heavy atom. The van der Waals surface area contributed by atoms with Crippen LogP contribution in [0.3, 0.4) is 0 Å². The second-order valence-corrected chi connectivity index (χ2v) is 6.07. The van der Waals surface area contributed by atoms with Crippen molar-refractivity contribution in [3.05, 3.63) is 0 Å². The lowest BCUT2D eigenvalue weighted by Gasteiger charge is -2.25. The Balaban J connectivity index is 2.39. The van der Waals surface area contributed by atoms with Crippen molar-refractivity contribution in [2.45, 2.75) is 58.1 Å². The van der Waals surface area contributed by atoms with Crippen LogP contribution in [0.5, 0.6) is 0 Å². The van der Waals surface area contributed by atoms with Gasteiger partial charge in [-0.15, -0.1) is 0 Å². The summed E-state index contributed by atoms with van der Waals surface area (Å²) in [5, 5.41) is 14.7. The molecule has 0 aliphatic heterocycles. The topological polar surface area (TPSA) is 74.2 Å². The molecule has 0 aromatic carbocycles. The molecule has 0 radical (unpaired) electrons. The van der Waals surface area contributed by atoms with Gasteiger partial charge < -0.3 is 10.1 Å². The molecule has 1 fully saturated rings. The molecule has 1 saturated carbocycles. The summed E-state index contributed by atoms with van der Waals surface area (Å²) in [6.07, 6.45) is 4.41. The van der Waals surface area contributed by atoms with Gasteiger partial charge in [0.25, 0.3) is 0 Å². The molecule has 1 atom stereocenters. The van der Waals surface area contributed by atoms with Gasteiger partial charge in [0, 0.05) is 12.6 Å². The zero-order valence-electron chi connectivity index (χ0n) is 12.2. The number of rotatable bonds is 5. The Hall–Kier alpha value is -1.28. The highest BCUT2D eigenvalue weighted by Crippen LogP contribution is 2.27. The SMILES string of the molecule is CC(C)(C)OC(=O)NC[C@@H](NCC#N)C1CCCC1. The van der Waals surface area contributed by atoms with Crippen molar-refractivity contribution in [2.24, 2.45) is 5.92 Å². The van der Waals surface area contributed by atoms with E-state index in [0.717, 1.165) is 0 Å². The maximum atomic E-state index is 11.6. The molecule has 0 heterocycles. The Labute approximate surface area is 115 Å². The lowest BCUT2D eigenvalue weighted by atomic mass is 9.98. The lowest BCUT2D eigenvalue weighted by Crippen LogP contribution is -2.46. The van der Waals surface area contributed by atoms with Gasteiger partial charge in [0.1, 0.15) is 5.60 Å². The van der Waals surface area contributed by atoms with Crippen molar-refractivity contribution in [2.75, 3.05) is 13.1 Å². The summed E-state index contributed by atoms with van der Waals surface area (Å²) < 4.78 is 5.21. The molecule has 19 heavy (non-hydrogen) atoms. The Morgan fingerprint density at radius 2 is 2.05 bits per heavy atom. The van der Waals surface area contributed by atoms with Crippen LogP contribution < -0.4 is 10.6 Å². The third-order valence-electron chi connectivity index (χ3n) is 3.28. The Kier molecular flexibility index (Phi) is 6.10. The average molecular weight is 267 g/mol. The van der Waals surface area contributed by atoms with Crippen molar-refractivity contribution in [1.82, 2.24) is 10.6 Å². The predicted molar refractivity (Wildman–Crippen MR) is 73.6 cm³/mol. The number of hydrogen-bond acceptors (Lipinski definition) is 4. The quantitative estimate of drug-likeness (QED) is 0.749. The molecule has 1 amide bonds. The van der Waals surface area contributed by atoms with Crippen LogP contribution in [0.25, 0.3) is 0 Å². The normalized spacial score (nSPS) is 17.8. The molecule has 0 aromatic rings. The standard InChI is InChI=1S/C14H25N3O2/c1-14(2,3)19-13(18)17-10-12(16-9-8-15)11-6-4-5-7-11/h11-12,16H,4-7,9-10H2,1-3H3,(H,17,18)/t12-/m1/s1. The van der Waals surface area contributed by atoms with Crippen LogP contribution in [0.2, 0.25) is 0 Å². The molecule has 0 unspecified atom stereocenters. The Morgan fingerprint density at radius 3 is 2.58 bits per heavy atom. The smallest absolute Gasteiger partial charge is 0.407 e. The monoisotopic (exact) mass is 267 g/mol. The van der Waals surface area contributed by atoms with Crippen molar-refractivity contribution < 1.29 is 9.53 Å². The molecular weight excluding hydrogens is 242 g/mol. The summed E-state index contributed by atoms with van der Waals surface area (Å²) >= 11 is 0. The minimum absolute atomic E-state index is 0.162. The fourth-order valence-electron chi connectivity index (χ4n) is 2.45. The van der Waals surface area contributed by atoms with Gasteiger partial charge in [-0.05, 0) is 39.5 Å². The molecule has 0 saturated heterocycles. The molecule has 1 aliphatic rings. The number of nitrogens with zero attached hydrogens (tertiary/aromatic N) is 1. The summed E-state index contributed by atoms with van der Waals surface area (Å²) in [6.45, 7) is 6.36. The summed E-state index contributed by atoms with van der Waals surface area (Å²) in [7, 11) is 0. The van der Waals surface area contributed by atoms with E-state index in [2.05, 4.69) is 16.7 Å². The first-order valence-corrected chi connectivity index (χ1v) is 6.99. The van der Waals surface area contributed by atoms with Gasteiger partial charge in [-0.2, -0.15) is 5.26 Å². The van der Waals surface area contributed by atoms with E-state index in [1.807, 2.05) is 20.8 Å². The lowest BCUT2D eigenvalue weighted by molar-refractivity contribution is 0.0518. The van der Waals surface area contributed by atoms with E-state index in [1.54, 1.807) is 0 Å². The number of ether oxygens (including phenoxy) is 1. The number of amides is 1. The summed E-state index contributed by atoms with van der Waals surface area (Å²) in [5.74, 6) is 0.545. The van der Waals surface area contributed by atoms with Gasteiger partial charge in [-0.1, -0.05) is 12.8 Å². The highest BCUT2D eigenvalue weighted by Gasteiger charge is 2.25. The van der Waals surface area contributed by atoms with Gasteiger partial charge in [-0.3, -0.25) is 5.32 Å². The first-order valence-electron chi connectivity index (χ1n) is 6.99. The van der Waals surface area contributed by atoms with E-state index < -0.39 is 11.7 Å². The van der Waals surface area contributed by atoms with E-state index in [9.17, 15) is 4.79 Å². The number of nitriles is 1. The molecule has 0 spiro atoms. The van der Waals surface area contributed by atoms with Gasteiger partial charge in [0.05, 0.1) is 12.6 Å². The third-order valence-corrected chi connectivity index (χ3v) is 3.28. The largest absolute Gasteiger partial charge is 0.444 e. The summed E-state index contributed by atoms with van der Waals surface area (Å²) in [6, 6.07) is 2.25. The van der Waals surface area contributed by atoms with Crippen LogP contribution in [0, 0.1) is 17.2 Å². The minimum Gasteiger partial charge on any atom is -0.444 e. The molecule has 5 nitrogen and oxygen atoms in total. The summed E-state index contributed by atoms with van der Waals surface area (Å²) in [4.78, 5) is 11.6. The highest BCUT2D eigenvalue weighted by atomic mass is 16.6. The molecule has 0 bridgehead atoms. The minimum atomic E-state index is -0.479.